The minimum atomic E-state index is -1.11. The molecule has 0 aliphatic carbocycles. The van der Waals surface area contributed by atoms with E-state index in [-0.39, 0.29) is 40.4 Å². The number of rotatable bonds is 7. The highest BCUT2D eigenvalue weighted by molar-refractivity contribution is 5.74. The summed E-state index contributed by atoms with van der Waals surface area (Å²) < 4.78 is 1.62. The Hall–Kier alpha value is -1.14. The van der Waals surface area contributed by atoms with Gasteiger partial charge in [0.1, 0.15) is 0 Å². The molecule has 0 amide bonds. The molecular formula is C28H52N2O4. The van der Waals surface area contributed by atoms with Gasteiger partial charge in [-0.2, -0.15) is 0 Å². The van der Waals surface area contributed by atoms with Gasteiger partial charge in [0, 0.05) is 43.0 Å². The van der Waals surface area contributed by atoms with Gasteiger partial charge < -0.3 is 28.8 Å². The van der Waals surface area contributed by atoms with E-state index in [9.17, 15) is 19.8 Å². The van der Waals surface area contributed by atoms with Crippen molar-refractivity contribution in [3.8, 4) is 0 Å². The Morgan fingerprint density at radius 3 is 1.24 bits per heavy atom. The molecule has 2 fully saturated rings. The van der Waals surface area contributed by atoms with Gasteiger partial charge >= 0.3 is 0 Å². The Morgan fingerprint density at radius 2 is 1.00 bits per heavy atom. The molecule has 2 aliphatic heterocycles. The minimum Gasteiger partial charge on any atom is -0.550 e. The van der Waals surface area contributed by atoms with E-state index in [4.69, 9.17) is 0 Å². The van der Waals surface area contributed by atoms with E-state index in [1.165, 1.54) is 0 Å². The highest BCUT2D eigenvalue weighted by atomic mass is 16.4. The minimum absolute atomic E-state index is 0.0827. The fourth-order valence-corrected chi connectivity index (χ4v) is 7.54. The number of aliphatic carboxylic acids is 2. The number of hydrogen-bond donors (Lipinski definition) is 0. The summed E-state index contributed by atoms with van der Waals surface area (Å²) in [5.41, 5.74) is -1.58. The molecule has 2 rings (SSSR count). The van der Waals surface area contributed by atoms with Gasteiger partial charge in [0.25, 0.3) is 0 Å². The summed E-state index contributed by atoms with van der Waals surface area (Å²) in [7, 11) is 9.00. The maximum Gasteiger partial charge on any atom is 0.0938 e. The SMILES string of the molecule is CC1(C)CC(C(CCCC(=O)[O-])(C(=O)[O-])C2CC(C)(C)[N+](C)(C)C(C)(C)C2)CC(C)(C)[N+]1(C)C. The molecule has 0 bridgehead atoms. The molecule has 2 aliphatic rings. The molecule has 198 valence electrons. The van der Waals surface area contributed by atoms with Gasteiger partial charge in [-0.15, -0.1) is 0 Å². The lowest BCUT2D eigenvalue weighted by Crippen LogP contribution is -2.75. The van der Waals surface area contributed by atoms with Gasteiger partial charge in [0.05, 0.1) is 50.3 Å². The van der Waals surface area contributed by atoms with Crippen molar-refractivity contribution in [2.75, 3.05) is 28.2 Å². The van der Waals surface area contributed by atoms with Crippen molar-refractivity contribution in [1.82, 2.24) is 0 Å². The molecule has 0 saturated carbocycles. The van der Waals surface area contributed by atoms with Crippen molar-refractivity contribution in [2.24, 2.45) is 17.3 Å². The van der Waals surface area contributed by atoms with E-state index in [1.807, 2.05) is 0 Å². The van der Waals surface area contributed by atoms with E-state index in [2.05, 4.69) is 83.6 Å². The van der Waals surface area contributed by atoms with Gasteiger partial charge in [-0.05, 0) is 86.5 Å². The monoisotopic (exact) mass is 480 g/mol. The lowest BCUT2D eigenvalue weighted by atomic mass is 9.51. The van der Waals surface area contributed by atoms with Crippen molar-refractivity contribution in [1.29, 1.82) is 0 Å². The third kappa shape index (κ3) is 4.31. The molecule has 0 radical (unpaired) electrons. The van der Waals surface area contributed by atoms with Gasteiger partial charge in [-0.3, -0.25) is 0 Å². The Labute approximate surface area is 208 Å². The lowest BCUT2D eigenvalue weighted by Gasteiger charge is -2.66. The number of carboxylic acid groups (broad SMARTS) is 2. The Bertz CT molecular complexity index is 719. The van der Waals surface area contributed by atoms with Crippen LogP contribution in [0.15, 0.2) is 0 Å². The lowest BCUT2D eigenvalue weighted by molar-refractivity contribution is -0.990. The second kappa shape index (κ2) is 8.47. The van der Waals surface area contributed by atoms with E-state index in [1.54, 1.807) is 0 Å². The van der Waals surface area contributed by atoms with Crippen LogP contribution in [-0.4, -0.2) is 71.3 Å². The summed E-state index contributed by atoms with van der Waals surface area (Å²) in [6.45, 7) is 18.0. The van der Waals surface area contributed by atoms with Gasteiger partial charge in [0.15, 0.2) is 0 Å². The predicted molar refractivity (Wildman–Crippen MR) is 132 cm³/mol. The van der Waals surface area contributed by atoms with E-state index >= 15 is 0 Å². The van der Waals surface area contributed by atoms with E-state index in [0.717, 1.165) is 34.6 Å². The molecule has 0 unspecified atom stereocenters. The van der Waals surface area contributed by atoms with Crippen molar-refractivity contribution < 1.29 is 28.8 Å². The summed E-state index contributed by atoms with van der Waals surface area (Å²) in [4.78, 5) is 24.7. The van der Waals surface area contributed by atoms with E-state index < -0.39 is 17.4 Å². The standard InChI is InChI=1S/C28H52N2O4/c1-24(2)16-20(17-25(3,4)29(24,9)10)28(23(33)34,15-13-14-22(31)32)21-18-26(5,6)30(11,12)27(7,8)19-21/h20-21H,13-19H2,1-12H3. The van der Waals surface area contributed by atoms with Crippen LogP contribution >= 0.6 is 0 Å². The van der Waals surface area contributed by atoms with Crippen LogP contribution in [0.2, 0.25) is 0 Å². The second-order valence-electron chi connectivity index (χ2n) is 14.9. The average Bonchev–Trinajstić information content (AvgIpc) is 2.60. The molecule has 0 aromatic heterocycles. The molecule has 0 N–H and O–H groups in total. The fourth-order valence-electron chi connectivity index (χ4n) is 7.54. The first-order chi connectivity index (χ1) is 15.0. The number of hydrogen-bond acceptors (Lipinski definition) is 4. The molecular weight excluding hydrogens is 428 g/mol. The van der Waals surface area contributed by atoms with Gasteiger partial charge in [-0.25, -0.2) is 0 Å². The summed E-state index contributed by atoms with van der Waals surface area (Å²) >= 11 is 0. The van der Waals surface area contributed by atoms with Crippen LogP contribution in [0.4, 0.5) is 0 Å². The number of likely N-dealkylation sites (tertiary alicyclic amines) is 2. The topological polar surface area (TPSA) is 80.3 Å². The fraction of sp³-hybridized carbons (Fsp3) is 0.929. The molecule has 0 atom stereocenters. The Balaban J connectivity index is 2.68. The quantitative estimate of drug-likeness (QED) is 0.525. The van der Waals surface area contributed by atoms with Crippen LogP contribution < -0.4 is 10.2 Å². The zero-order valence-corrected chi connectivity index (χ0v) is 24.1. The largest absolute Gasteiger partial charge is 0.550 e. The molecule has 6 heteroatoms. The molecule has 34 heavy (non-hydrogen) atoms. The smallest absolute Gasteiger partial charge is 0.0938 e. The first-order valence-corrected chi connectivity index (χ1v) is 13.1. The van der Waals surface area contributed by atoms with Crippen molar-refractivity contribution in [3.05, 3.63) is 0 Å². The number of piperidine rings is 2. The van der Waals surface area contributed by atoms with Crippen LogP contribution in [0.5, 0.6) is 0 Å². The van der Waals surface area contributed by atoms with Crippen LogP contribution in [-0.2, 0) is 9.59 Å². The number of carboxylic acids is 2. The highest BCUT2D eigenvalue weighted by Crippen LogP contribution is 2.60. The summed E-state index contributed by atoms with van der Waals surface area (Å²) in [5, 5.41) is 24.7. The van der Waals surface area contributed by atoms with Gasteiger partial charge in [-0.1, -0.05) is 0 Å². The predicted octanol–water partition coefficient (Wildman–Crippen LogP) is 2.73. The summed E-state index contributed by atoms with van der Waals surface area (Å²) in [6, 6.07) is 0. The number of quaternary nitrogens is 2. The van der Waals surface area contributed by atoms with Crippen LogP contribution in [0.1, 0.15) is 100 Å². The third-order valence-corrected chi connectivity index (χ3v) is 11.8. The number of carbonyl (C=O) groups is 2. The van der Waals surface area contributed by atoms with Crippen molar-refractivity contribution in [2.45, 2.75) is 122 Å². The summed E-state index contributed by atoms with van der Waals surface area (Å²) in [5.74, 6) is -2.27. The second-order valence-corrected chi connectivity index (χ2v) is 14.9. The molecule has 2 heterocycles. The maximum absolute atomic E-state index is 13.4. The van der Waals surface area contributed by atoms with E-state index in [0.29, 0.717) is 12.8 Å². The molecule has 2 saturated heterocycles. The average molecular weight is 481 g/mol. The zero-order valence-electron chi connectivity index (χ0n) is 24.1. The first-order valence-electron chi connectivity index (χ1n) is 13.1. The third-order valence-electron chi connectivity index (χ3n) is 11.8. The maximum atomic E-state index is 13.4. The Morgan fingerprint density at radius 1 is 0.706 bits per heavy atom. The molecule has 0 spiro atoms. The molecule has 6 nitrogen and oxygen atoms in total. The Kier molecular flexibility index (Phi) is 7.25. The van der Waals surface area contributed by atoms with Crippen LogP contribution in [0.3, 0.4) is 0 Å². The molecule has 0 aromatic carbocycles. The number of nitrogens with zero attached hydrogens (tertiary/aromatic N) is 2. The molecule has 0 aromatic rings. The van der Waals surface area contributed by atoms with Crippen LogP contribution in [0, 0.1) is 17.3 Å². The normalized spacial score (nSPS) is 27.8. The number of carbonyl (C=O) groups excluding carboxylic acids is 2. The van der Waals surface area contributed by atoms with Gasteiger partial charge in [0.2, 0.25) is 0 Å². The van der Waals surface area contributed by atoms with Crippen LogP contribution in [0.25, 0.3) is 0 Å². The zero-order chi connectivity index (χ0) is 26.8. The summed E-state index contributed by atoms with van der Waals surface area (Å²) in [6.07, 6.45) is 3.63. The van der Waals surface area contributed by atoms with Crippen molar-refractivity contribution in [3.63, 3.8) is 0 Å². The van der Waals surface area contributed by atoms with Crippen molar-refractivity contribution >= 4 is 11.9 Å². The highest BCUT2D eigenvalue weighted by Gasteiger charge is 2.63. The first kappa shape index (κ1) is 29.1.